The van der Waals surface area contributed by atoms with Crippen molar-refractivity contribution in [3.63, 3.8) is 0 Å². The van der Waals surface area contributed by atoms with E-state index in [9.17, 15) is 13.2 Å². The van der Waals surface area contributed by atoms with E-state index in [-0.39, 0.29) is 10.8 Å². The number of carbonyl (C=O) groups excluding carboxylic acids is 1. The summed E-state index contributed by atoms with van der Waals surface area (Å²) in [6.07, 6.45) is 1.12. The van der Waals surface area contributed by atoms with Gasteiger partial charge in [-0.1, -0.05) is 29.8 Å². The lowest BCUT2D eigenvalue weighted by molar-refractivity contribution is -0.116. The average Bonchev–Trinajstić information content (AvgIpc) is 2.57. The lowest BCUT2D eigenvalue weighted by Crippen LogP contribution is -2.24. The van der Waals surface area contributed by atoms with E-state index in [2.05, 4.69) is 22.8 Å². The van der Waals surface area contributed by atoms with Crippen LogP contribution in [0.25, 0.3) is 0 Å². The van der Waals surface area contributed by atoms with E-state index in [1.807, 2.05) is 20.8 Å². The smallest absolute Gasteiger partial charge is 0.238 e. The van der Waals surface area contributed by atoms with Gasteiger partial charge in [-0.3, -0.25) is 4.79 Å². The second kappa shape index (κ2) is 9.12. The van der Waals surface area contributed by atoms with E-state index in [1.54, 1.807) is 12.1 Å². The first-order valence-electron chi connectivity index (χ1n) is 8.87. The predicted octanol–water partition coefficient (Wildman–Crippen LogP) is 2.42. The molecule has 0 aliphatic carbocycles. The molecular formula is C20H27N3O3S. The fourth-order valence-corrected chi connectivity index (χ4v) is 3.50. The molecule has 0 unspecified atom stereocenters. The van der Waals surface area contributed by atoms with Crippen LogP contribution >= 0.6 is 0 Å². The number of carbonyl (C=O) groups is 1. The number of amides is 1. The third-order valence-corrected chi connectivity index (χ3v) is 5.24. The number of hydrogen-bond acceptors (Lipinski definition) is 4. The topological polar surface area (TPSA) is 101 Å². The van der Waals surface area contributed by atoms with Gasteiger partial charge < -0.3 is 10.6 Å². The standard InChI is InChI=1S/C20H27N3O3S/c1-14-12-15(2)20(16(3)13-14)23-19(24)9-11-22-10-8-17-4-6-18(7-5-17)27(21,25)26/h4-7,12-13,22H,8-11H2,1-3H3,(H,23,24)(H2,21,25,26). The van der Waals surface area contributed by atoms with Crippen LogP contribution in [0.15, 0.2) is 41.3 Å². The molecule has 0 radical (unpaired) electrons. The molecule has 2 rings (SSSR count). The van der Waals surface area contributed by atoms with Gasteiger partial charge in [0.05, 0.1) is 4.90 Å². The summed E-state index contributed by atoms with van der Waals surface area (Å²) in [7, 11) is -3.65. The molecule has 1 amide bonds. The average molecular weight is 390 g/mol. The minimum absolute atomic E-state index is 0.0185. The van der Waals surface area contributed by atoms with Crippen molar-refractivity contribution in [3.8, 4) is 0 Å². The Bertz CT molecular complexity index is 884. The zero-order valence-corrected chi connectivity index (χ0v) is 16.8. The van der Waals surface area contributed by atoms with Crippen molar-refractivity contribution >= 4 is 21.6 Å². The summed E-state index contributed by atoms with van der Waals surface area (Å²) in [5.74, 6) is -0.0185. The normalized spacial score (nSPS) is 11.4. The Morgan fingerprint density at radius 3 is 2.15 bits per heavy atom. The highest BCUT2D eigenvalue weighted by Crippen LogP contribution is 2.21. The number of nitrogens with two attached hydrogens (primary N) is 1. The van der Waals surface area contributed by atoms with Gasteiger partial charge in [-0.2, -0.15) is 0 Å². The van der Waals surface area contributed by atoms with Crippen LogP contribution in [0, 0.1) is 20.8 Å². The molecule has 6 nitrogen and oxygen atoms in total. The molecule has 146 valence electrons. The van der Waals surface area contributed by atoms with Gasteiger partial charge in [0, 0.05) is 18.7 Å². The first-order chi connectivity index (χ1) is 12.7. The highest BCUT2D eigenvalue weighted by molar-refractivity contribution is 7.89. The SMILES string of the molecule is Cc1cc(C)c(NC(=O)CCNCCc2ccc(S(N)(=O)=O)cc2)c(C)c1. The van der Waals surface area contributed by atoms with Crippen molar-refractivity contribution in [2.24, 2.45) is 5.14 Å². The Hall–Kier alpha value is -2.22. The molecule has 2 aromatic rings. The number of primary sulfonamides is 1. The van der Waals surface area contributed by atoms with Crippen LogP contribution < -0.4 is 15.8 Å². The molecule has 0 saturated carbocycles. The zero-order chi connectivity index (χ0) is 20.0. The minimum Gasteiger partial charge on any atom is -0.326 e. The maximum atomic E-state index is 12.1. The van der Waals surface area contributed by atoms with Crippen LogP contribution in [0.5, 0.6) is 0 Å². The molecule has 0 saturated heterocycles. The van der Waals surface area contributed by atoms with Crippen LogP contribution in [0.1, 0.15) is 28.7 Å². The van der Waals surface area contributed by atoms with Gasteiger partial charge in [0.25, 0.3) is 0 Å². The molecule has 7 heteroatoms. The molecule has 27 heavy (non-hydrogen) atoms. The van der Waals surface area contributed by atoms with E-state index >= 15 is 0 Å². The van der Waals surface area contributed by atoms with E-state index in [4.69, 9.17) is 5.14 Å². The quantitative estimate of drug-likeness (QED) is 0.604. The van der Waals surface area contributed by atoms with E-state index in [0.29, 0.717) is 19.5 Å². The van der Waals surface area contributed by atoms with E-state index in [1.165, 1.54) is 17.7 Å². The number of nitrogens with one attached hydrogen (secondary N) is 2. The maximum Gasteiger partial charge on any atom is 0.238 e. The van der Waals surface area contributed by atoms with Crippen molar-refractivity contribution in [2.75, 3.05) is 18.4 Å². The summed E-state index contributed by atoms with van der Waals surface area (Å²) in [5.41, 5.74) is 5.21. The third kappa shape index (κ3) is 6.46. The fraction of sp³-hybridized carbons (Fsp3) is 0.350. The summed E-state index contributed by atoms with van der Waals surface area (Å²) in [5, 5.41) is 11.3. The van der Waals surface area contributed by atoms with Crippen LogP contribution in [-0.4, -0.2) is 27.4 Å². The highest BCUT2D eigenvalue weighted by Gasteiger charge is 2.08. The van der Waals surface area contributed by atoms with Gasteiger partial charge in [0.2, 0.25) is 15.9 Å². The first kappa shape index (κ1) is 21.1. The highest BCUT2D eigenvalue weighted by atomic mass is 32.2. The molecule has 0 atom stereocenters. The third-order valence-electron chi connectivity index (χ3n) is 4.31. The van der Waals surface area contributed by atoms with Gasteiger partial charge in [0.15, 0.2) is 0 Å². The van der Waals surface area contributed by atoms with Gasteiger partial charge in [0.1, 0.15) is 0 Å². The Labute approximate surface area is 161 Å². The molecule has 4 N–H and O–H groups in total. The monoisotopic (exact) mass is 389 g/mol. The second-order valence-corrected chi connectivity index (χ2v) is 8.32. The molecular weight excluding hydrogens is 362 g/mol. The van der Waals surface area contributed by atoms with Crippen LogP contribution in [-0.2, 0) is 21.2 Å². The molecule has 0 spiro atoms. The summed E-state index contributed by atoms with van der Waals surface area (Å²) >= 11 is 0. The zero-order valence-electron chi connectivity index (χ0n) is 16.0. The summed E-state index contributed by atoms with van der Waals surface area (Å²) in [6.45, 7) is 7.30. The molecule has 0 aliphatic rings. The Kier molecular flexibility index (Phi) is 7.12. The number of anilines is 1. The Balaban J connectivity index is 1.73. The number of aryl methyl sites for hydroxylation is 3. The second-order valence-electron chi connectivity index (χ2n) is 6.76. The van der Waals surface area contributed by atoms with Crippen LogP contribution in [0.4, 0.5) is 5.69 Å². The number of benzene rings is 2. The first-order valence-corrected chi connectivity index (χ1v) is 10.4. The summed E-state index contributed by atoms with van der Waals surface area (Å²) in [4.78, 5) is 12.3. The molecule has 0 heterocycles. The number of sulfonamides is 1. The Morgan fingerprint density at radius 1 is 1.00 bits per heavy atom. The van der Waals surface area contributed by atoms with Crippen molar-refractivity contribution in [1.29, 1.82) is 0 Å². The maximum absolute atomic E-state index is 12.1. The van der Waals surface area contributed by atoms with E-state index < -0.39 is 10.0 Å². The van der Waals surface area contributed by atoms with E-state index in [0.717, 1.165) is 28.8 Å². The Morgan fingerprint density at radius 2 is 1.59 bits per heavy atom. The summed E-state index contributed by atoms with van der Waals surface area (Å²) in [6, 6.07) is 10.6. The van der Waals surface area contributed by atoms with Gasteiger partial charge in [-0.15, -0.1) is 0 Å². The molecule has 0 aromatic heterocycles. The molecule has 0 aliphatic heterocycles. The van der Waals surface area contributed by atoms with Gasteiger partial charge >= 0.3 is 0 Å². The lowest BCUT2D eigenvalue weighted by Gasteiger charge is -2.13. The molecule has 2 aromatic carbocycles. The summed E-state index contributed by atoms with van der Waals surface area (Å²) < 4.78 is 22.4. The lowest BCUT2D eigenvalue weighted by atomic mass is 10.1. The van der Waals surface area contributed by atoms with Gasteiger partial charge in [-0.05, 0) is 62.6 Å². The van der Waals surface area contributed by atoms with Gasteiger partial charge in [-0.25, -0.2) is 13.6 Å². The largest absolute Gasteiger partial charge is 0.326 e. The van der Waals surface area contributed by atoms with Crippen molar-refractivity contribution in [3.05, 3.63) is 58.7 Å². The number of rotatable bonds is 8. The van der Waals surface area contributed by atoms with Crippen molar-refractivity contribution in [2.45, 2.75) is 38.5 Å². The number of hydrogen-bond donors (Lipinski definition) is 3. The molecule has 0 bridgehead atoms. The van der Waals surface area contributed by atoms with Crippen molar-refractivity contribution in [1.82, 2.24) is 5.32 Å². The molecule has 0 fully saturated rings. The van der Waals surface area contributed by atoms with Crippen molar-refractivity contribution < 1.29 is 13.2 Å². The van der Waals surface area contributed by atoms with Crippen LogP contribution in [0.2, 0.25) is 0 Å². The minimum atomic E-state index is -3.65. The predicted molar refractivity (Wildman–Crippen MR) is 108 cm³/mol. The van der Waals surface area contributed by atoms with Crippen LogP contribution in [0.3, 0.4) is 0 Å². The fourth-order valence-electron chi connectivity index (χ4n) is 2.98.